The first-order valence-electron chi connectivity index (χ1n) is 7.75. The fourth-order valence-corrected chi connectivity index (χ4v) is 2.90. The van der Waals surface area contributed by atoms with E-state index in [9.17, 15) is 4.79 Å². The zero-order valence-corrected chi connectivity index (χ0v) is 15.8. The molecule has 128 valence electrons. The van der Waals surface area contributed by atoms with Crippen molar-refractivity contribution in [3.8, 4) is 17.4 Å². The van der Waals surface area contributed by atoms with Gasteiger partial charge in [0.1, 0.15) is 0 Å². The molecule has 1 heterocycles. The Kier molecular flexibility index (Phi) is 5.50. The third kappa shape index (κ3) is 3.91. The van der Waals surface area contributed by atoms with Crippen LogP contribution in [0, 0.1) is 0 Å². The Hall–Kier alpha value is -2.18. The molecule has 3 rings (SSSR count). The predicted octanol–water partition coefficient (Wildman–Crippen LogP) is 4.84. The van der Waals surface area contributed by atoms with Crippen LogP contribution in [0.3, 0.4) is 0 Å². The average molecular weight is 421 g/mol. The lowest BCUT2D eigenvalue weighted by Crippen LogP contribution is -2.16. The summed E-state index contributed by atoms with van der Waals surface area (Å²) < 4.78 is 7.44. The first-order valence-corrected chi connectivity index (χ1v) is 8.92. The van der Waals surface area contributed by atoms with Gasteiger partial charge in [-0.05, 0) is 46.6 Å². The molecule has 5 nitrogen and oxygen atoms in total. The monoisotopic (exact) mass is 419 g/mol. The van der Waals surface area contributed by atoms with Crippen molar-refractivity contribution >= 4 is 33.4 Å². The third-order valence-corrected chi connectivity index (χ3v) is 4.33. The number of rotatable bonds is 5. The van der Waals surface area contributed by atoms with Gasteiger partial charge >= 0.3 is 6.01 Å². The summed E-state index contributed by atoms with van der Waals surface area (Å²) in [6, 6.07) is 14.4. The number of nitrogens with zero attached hydrogens (tertiary/aromatic N) is 3. The second-order valence-electron chi connectivity index (χ2n) is 5.27. The highest BCUT2D eigenvalue weighted by Gasteiger charge is 2.21. The number of hydrogen-bond donors (Lipinski definition) is 0. The summed E-state index contributed by atoms with van der Waals surface area (Å²) in [6.45, 7) is 2.46. The molecule has 0 amide bonds. The van der Waals surface area contributed by atoms with Crippen LogP contribution in [0.25, 0.3) is 11.4 Å². The number of halogens is 2. The molecule has 25 heavy (non-hydrogen) atoms. The van der Waals surface area contributed by atoms with E-state index in [1.54, 1.807) is 36.4 Å². The lowest BCUT2D eigenvalue weighted by Gasteiger charge is -2.06. The fraction of sp³-hybridized carbons (Fsp3) is 0.167. The molecule has 0 aliphatic rings. The topological polar surface area (TPSA) is 57.0 Å². The average Bonchev–Trinajstić information content (AvgIpc) is 3.04. The molecule has 0 radical (unpaired) electrons. The SMILES string of the molecule is CCCOc1nc(-c2cccc(Cl)c2)n(C(=O)c2ccccc2Br)n1. The van der Waals surface area contributed by atoms with Crippen LogP contribution in [0.2, 0.25) is 5.02 Å². The first-order chi connectivity index (χ1) is 12.1. The van der Waals surface area contributed by atoms with Crippen molar-refractivity contribution in [1.29, 1.82) is 0 Å². The maximum absolute atomic E-state index is 13.0. The summed E-state index contributed by atoms with van der Waals surface area (Å²) in [5, 5.41) is 4.79. The molecule has 1 aromatic heterocycles. The highest BCUT2D eigenvalue weighted by atomic mass is 79.9. The zero-order chi connectivity index (χ0) is 17.8. The van der Waals surface area contributed by atoms with Crippen LogP contribution in [0.15, 0.2) is 53.0 Å². The molecule has 0 aliphatic carbocycles. The van der Waals surface area contributed by atoms with Crippen molar-refractivity contribution in [2.75, 3.05) is 6.61 Å². The minimum Gasteiger partial charge on any atom is -0.462 e. The molecule has 0 aliphatic heterocycles. The summed E-state index contributed by atoms with van der Waals surface area (Å²) in [5.41, 5.74) is 1.17. The number of benzene rings is 2. The van der Waals surface area contributed by atoms with Gasteiger partial charge in [-0.3, -0.25) is 4.79 Å². The Labute approximate surface area is 158 Å². The van der Waals surface area contributed by atoms with E-state index in [-0.39, 0.29) is 11.9 Å². The van der Waals surface area contributed by atoms with Gasteiger partial charge in [-0.25, -0.2) is 0 Å². The van der Waals surface area contributed by atoms with E-state index in [0.29, 0.717) is 33.1 Å². The van der Waals surface area contributed by atoms with Gasteiger partial charge in [0, 0.05) is 15.1 Å². The molecule has 0 spiro atoms. The molecule has 0 saturated heterocycles. The minimum atomic E-state index is -0.304. The molecule has 0 atom stereocenters. The van der Waals surface area contributed by atoms with Gasteiger partial charge in [-0.1, -0.05) is 42.8 Å². The largest absolute Gasteiger partial charge is 0.462 e. The highest BCUT2D eigenvalue weighted by molar-refractivity contribution is 9.10. The second kappa shape index (κ2) is 7.80. The van der Waals surface area contributed by atoms with Crippen molar-refractivity contribution in [2.24, 2.45) is 0 Å². The predicted molar refractivity (Wildman–Crippen MR) is 100 cm³/mol. The molecular weight excluding hydrogens is 406 g/mol. The molecular formula is C18H15BrClN3O2. The van der Waals surface area contributed by atoms with Crippen LogP contribution in [-0.2, 0) is 0 Å². The van der Waals surface area contributed by atoms with Gasteiger partial charge in [-0.2, -0.15) is 9.67 Å². The molecule has 0 saturated carbocycles. The number of hydrogen-bond acceptors (Lipinski definition) is 4. The van der Waals surface area contributed by atoms with E-state index in [1.807, 2.05) is 19.1 Å². The Morgan fingerprint density at radius 3 is 2.76 bits per heavy atom. The van der Waals surface area contributed by atoms with E-state index in [2.05, 4.69) is 26.0 Å². The Morgan fingerprint density at radius 1 is 1.24 bits per heavy atom. The van der Waals surface area contributed by atoms with Crippen LogP contribution in [0.1, 0.15) is 23.7 Å². The zero-order valence-electron chi connectivity index (χ0n) is 13.4. The number of carbonyl (C=O) groups is 1. The molecule has 0 unspecified atom stereocenters. The van der Waals surface area contributed by atoms with Crippen LogP contribution in [0.4, 0.5) is 0 Å². The Balaban J connectivity index is 2.09. The highest BCUT2D eigenvalue weighted by Crippen LogP contribution is 2.25. The quantitative estimate of drug-likeness (QED) is 0.593. The summed E-state index contributed by atoms with van der Waals surface area (Å²) in [7, 11) is 0. The smallest absolute Gasteiger partial charge is 0.336 e. The van der Waals surface area contributed by atoms with Crippen molar-refractivity contribution in [3.63, 3.8) is 0 Å². The van der Waals surface area contributed by atoms with E-state index in [1.165, 1.54) is 4.68 Å². The van der Waals surface area contributed by atoms with Gasteiger partial charge in [-0.15, -0.1) is 5.10 Å². The molecule has 3 aromatic rings. The van der Waals surface area contributed by atoms with Crippen LogP contribution in [-0.4, -0.2) is 27.3 Å². The van der Waals surface area contributed by atoms with Crippen molar-refractivity contribution in [1.82, 2.24) is 14.8 Å². The van der Waals surface area contributed by atoms with E-state index >= 15 is 0 Å². The third-order valence-electron chi connectivity index (χ3n) is 3.40. The Morgan fingerprint density at radius 2 is 2.04 bits per heavy atom. The number of carbonyl (C=O) groups excluding carboxylic acids is 1. The second-order valence-corrected chi connectivity index (χ2v) is 6.56. The van der Waals surface area contributed by atoms with Crippen LogP contribution >= 0.6 is 27.5 Å². The van der Waals surface area contributed by atoms with Crippen molar-refractivity contribution in [2.45, 2.75) is 13.3 Å². The Bertz CT molecular complexity index is 911. The van der Waals surface area contributed by atoms with Gasteiger partial charge in [0.25, 0.3) is 5.91 Å². The van der Waals surface area contributed by atoms with Gasteiger partial charge in [0.15, 0.2) is 5.82 Å². The molecule has 0 bridgehead atoms. The maximum Gasteiger partial charge on any atom is 0.336 e. The van der Waals surface area contributed by atoms with Crippen LogP contribution < -0.4 is 4.74 Å². The summed E-state index contributed by atoms with van der Waals surface area (Å²) >= 11 is 9.48. The summed E-state index contributed by atoms with van der Waals surface area (Å²) in [6.07, 6.45) is 0.819. The normalized spacial score (nSPS) is 10.7. The number of ether oxygens (including phenoxy) is 1. The molecule has 7 heteroatoms. The maximum atomic E-state index is 13.0. The van der Waals surface area contributed by atoms with E-state index in [0.717, 1.165) is 6.42 Å². The molecule has 0 N–H and O–H groups in total. The molecule has 0 fully saturated rings. The standard InChI is InChI=1S/C18H15BrClN3O2/c1-2-10-25-18-21-16(12-6-5-7-13(20)11-12)23(22-18)17(24)14-8-3-4-9-15(14)19/h3-9,11H,2,10H2,1H3. The number of aromatic nitrogens is 3. The van der Waals surface area contributed by atoms with Crippen molar-refractivity contribution in [3.05, 3.63) is 63.6 Å². The first kappa shape index (κ1) is 17.6. The molecule has 2 aromatic carbocycles. The van der Waals surface area contributed by atoms with Gasteiger partial charge in [0.05, 0.1) is 12.2 Å². The van der Waals surface area contributed by atoms with E-state index in [4.69, 9.17) is 16.3 Å². The van der Waals surface area contributed by atoms with Gasteiger partial charge in [0.2, 0.25) is 0 Å². The van der Waals surface area contributed by atoms with Crippen molar-refractivity contribution < 1.29 is 9.53 Å². The van der Waals surface area contributed by atoms with Gasteiger partial charge < -0.3 is 4.74 Å². The summed E-state index contributed by atoms with van der Waals surface area (Å²) in [4.78, 5) is 17.3. The fourth-order valence-electron chi connectivity index (χ4n) is 2.25. The lowest BCUT2D eigenvalue weighted by molar-refractivity contribution is 0.0944. The summed E-state index contributed by atoms with van der Waals surface area (Å²) in [5.74, 6) is 0.0793. The lowest BCUT2D eigenvalue weighted by atomic mass is 10.2. The minimum absolute atomic E-state index is 0.164. The van der Waals surface area contributed by atoms with Crippen LogP contribution in [0.5, 0.6) is 6.01 Å². The van der Waals surface area contributed by atoms with E-state index < -0.39 is 0 Å².